The standard InChI is InChI=1S/C21H23FN4O3/c1-20(2,3)13-5-7-14(8-6-13)21(4)18(28)26(19(29)25-21)12-17(27)24-16-10-9-15(22)11-23-16/h5-11H,12H2,1-4H3,(H,25,29)(H,23,24,27). The van der Waals surface area contributed by atoms with Gasteiger partial charge in [0.25, 0.3) is 5.91 Å². The highest BCUT2D eigenvalue weighted by Gasteiger charge is 2.49. The summed E-state index contributed by atoms with van der Waals surface area (Å²) in [6.07, 6.45) is 0.960. The average molecular weight is 398 g/mol. The van der Waals surface area contributed by atoms with Gasteiger partial charge in [-0.2, -0.15) is 0 Å². The Hall–Kier alpha value is -3.29. The lowest BCUT2D eigenvalue weighted by Gasteiger charge is -2.24. The highest BCUT2D eigenvalue weighted by molar-refractivity contribution is 6.10. The minimum Gasteiger partial charge on any atom is -0.319 e. The molecule has 4 amide bonds. The molecule has 1 aromatic heterocycles. The number of anilines is 1. The summed E-state index contributed by atoms with van der Waals surface area (Å²) in [5.74, 6) is -1.54. The Morgan fingerprint density at radius 2 is 1.83 bits per heavy atom. The van der Waals surface area contributed by atoms with Gasteiger partial charge in [0.05, 0.1) is 6.20 Å². The van der Waals surface area contributed by atoms with Crippen LogP contribution in [0.25, 0.3) is 0 Å². The van der Waals surface area contributed by atoms with E-state index in [0.717, 1.165) is 22.7 Å². The van der Waals surface area contributed by atoms with Crippen molar-refractivity contribution in [3.05, 3.63) is 59.5 Å². The van der Waals surface area contributed by atoms with Gasteiger partial charge in [-0.05, 0) is 35.6 Å². The first-order valence-corrected chi connectivity index (χ1v) is 9.17. The maximum absolute atomic E-state index is 12.9. The molecule has 152 valence electrons. The van der Waals surface area contributed by atoms with Crippen molar-refractivity contribution < 1.29 is 18.8 Å². The molecule has 0 spiro atoms. The number of halogens is 1. The first-order valence-electron chi connectivity index (χ1n) is 9.17. The van der Waals surface area contributed by atoms with E-state index in [1.54, 1.807) is 6.92 Å². The fourth-order valence-electron chi connectivity index (χ4n) is 3.12. The second-order valence-corrected chi connectivity index (χ2v) is 8.18. The van der Waals surface area contributed by atoms with Crippen molar-refractivity contribution in [3.63, 3.8) is 0 Å². The van der Waals surface area contributed by atoms with Crippen LogP contribution in [0, 0.1) is 5.82 Å². The fourth-order valence-corrected chi connectivity index (χ4v) is 3.12. The molecule has 2 heterocycles. The Bertz CT molecular complexity index is 951. The van der Waals surface area contributed by atoms with Gasteiger partial charge in [-0.3, -0.25) is 14.5 Å². The molecule has 8 heteroatoms. The number of nitrogens with one attached hydrogen (secondary N) is 2. The number of pyridine rings is 1. The number of hydrogen-bond acceptors (Lipinski definition) is 4. The second-order valence-electron chi connectivity index (χ2n) is 8.18. The van der Waals surface area contributed by atoms with Crippen LogP contribution in [0.3, 0.4) is 0 Å². The van der Waals surface area contributed by atoms with E-state index in [-0.39, 0.29) is 11.2 Å². The molecule has 1 atom stereocenters. The van der Waals surface area contributed by atoms with Crippen molar-refractivity contribution >= 4 is 23.7 Å². The van der Waals surface area contributed by atoms with E-state index in [9.17, 15) is 18.8 Å². The summed E-state index contributed by atoms with van der Waals surface area (Å²) in [5.41, 5.74) is 0.430. The zero-order valence-corrected chi connectivity index (χ0v) is 16.7. The molecule has 2 N–H and O–H groups in total. The molecule has 1 aliphatic heterocycles. The van der Waals surface area contributed by atoms with Crippen molar-refractivity contribution in [2.24, 2.45) is 0 Å². The van der Waals surface area contributed by atoms with Gasteiger partial charge in [0.2, 0.25) is 5.91 Å². The molecule has 3 rings (SSSR count). The Balaban J connectivity index is 1.74. The van der Waals surface area contributed by atoms with Gasteiger partial charge in [0, 0.05) is 0 Å². The predicted molar refractivity (Wildman–Crippen MR) is 106 cm³/mol. The summed E-state index contributed by atoms with van der Waals surface area (Å²) >= 11 is 0. The molecular formula is C21H23FN4O3. The molecule has 0 radical (unpaired) electrons. The van der Waals surface area contributed by atoms with Gasteiger partial charge in [0.1, 0.15) is 23.7 Å². The largest absolute Gasteiger partial charge is 0.325 e. The molecule has 1 aromatic carbocycles. The van der Waals surface area contributed by atoms with Crippen molar-refractivity contribution in [1.82, 2.24) is 15.2 Å². The molecule has 1 fully saturated rings. The third-order valence-electron chi connectivity index (χ3n) is 4.90. The Morgan fingerprint density at radius 3 is 2.38 bits per heavy atom. The van der Waals surface area contributed by atoms with Crippen molar-refractivity contribution in [3.8, 4) is 0 Å². The summed E-state index contributed by atoms with van der Waals surface area (Å²) in [6, 6.07) is 9.26. The highest BCUT2D eigenvalue weighted by atomic mass is 19.1. The lowest BCUT2D eigenvalue weighted by molar-refractivity contribution is -0.133. The molecule has 0 saturated carbocycles. The lowest BCUT2D eigenvalue weighted by Crippen LogP contribution is -2.42. The first-order chi connectivity index (χ1) is 13.5. The maximum atomic E-state index is 12.9. The highest BCUT2D eigenvalue weighted by Crippen LogP contribution is 2.31. The molecule has 7 nitrogen and oxygen atoms in total. The molecular weight excluding hydrogens is 375 g/mol. The third kappa shape index (κ3) is 4.11. The number of amides is 4. The second kappa shape index (κ2) is 7.27. The van der Waals surface area contributed by atoms with Gasteiger partial charge >= 0.3 is 6.03 Å². The number of urea groups is 1. The molecule has 0 bridgehead atoms. The fraction of sp³-hybridized carbons (Fsp3) is 0.333. The van der Waals surface area contributed by atoms with Crippen LogP contribution in [-0.4, -0.2) is 34.3 Å². The van der Waals surface area contributed by atoms with E-state index in [1.165, 1.54) is 6.07 Å². The van der Waals surface area contributed by atoms with Gasteiger partial charge in [-0.25, -0.2) is 14.2 Å². The van der Waals surface area contributed by atoms with Crippen molar-refractivity contribution in [2.45, 2.75) is 38.6 Å². The Kier molecular flexibility index (Phi) is 5.13. The number of benzene rings is 1. The number of imide groups is 1. The van der Waals surface area contributed by atoms with Crippen LogP contribution in [0.1, 0.15) is 38.8 Å². The minimum absolute atomic E-state index is 0.0408. The van der Waals surface area contributed by atoms with Crippen LogP contribution in [0.2, 0.25) is 0 Å². The summed E-state index contributed by atoms with van der Waals surface area (Å²) < 4.78 is 12.9. The summed E-state index contributed by atoms with van der Waals surface area (Å²) in [4.78, 5) is 42.1. The summed E-state index contributed by atoms with van der Waals surface area (Å²) in [6.45, 7) is 7.39. The van der Waals surface area contributed by atoms with Crippen LogP contribution in [0.4, 0.5) is 15.0 Å². The zero-order chi connectivity index (χ0) is 21.4. The molecule has 1 unspecified atom stereocenters. The zero-order valence-electron chi connectivity index (χ0n) is 16.7. The van der Waals surface area contributed by atoms with Crippen molar-refractivity contribution in [2.75, 3.05) is 11.9 Å². The van der Waals surface area contributed by atoms with E-state index in [2.05, 4.69) is 36.4 Å². The molecule has 0 aliphatic carbocycles. The Labute approximate surface area is 168 Å². The summed E-state index contributed by atoms with van der Waals surface area (Å²) in [7, 11) is 0. The van der Waals surface area contributed by atoms with E-state index in [1.807, 2.05) is 24.3 Å². The normalized spacial score (nSPS) is 19.3. The molecule has 29 heavy (non-hydrogen) atoms. The average Bonchev–Trinajstić information content (AvgIpc) is 2.87. The lowest BCUT2D eigenvalue weighted by atomic mass is 9.84. The van der Waals surface area contributed by atoms with Gasteiger partial charge < -0.3 is 10.6 Å². The Morgan fingerprint density at radius 1 is 1.17 bits per heavy atom. The van der Waals surface area contributed by atoms with Gasteiger partial charge in [0.15, 0.2) is 0 Å². The molecule has 1 saturated heterocycles. The van der Waals surface area contributed by atoms with E-state index < -0.39 is 35.7 Å². The number of nitrogens with zero attached hydrogens (tertiary/aromatic N) is 2. The monoisotopic (exact) mass is 398 g/mol. The van der Waals surface area contributed by atoms with E-state index >= 15 is 0 Å². The van der Waals surface area contributed by atoms with Gasteiger partial charge in [-0.15, -0.1) is 0 Å². The van der Waals surface area contributed by atoms with E-state index in [4.69, 9.17) is 0 Å². The predicted octanol–water partition coefficient (Wildman–Crippen LogP) is 2.92. The SMILES string of the molecule is CC(C)(C)c1ccc(C2(C)NC(=O)N(CC(=O)Nc3ccc(F)cn3)C2=O)cc1. The topological polar surface area (TPSA) is 91.4 Å². The number of carbonyl (C=O) groups excluding carboxylic acids is 3. The maximum Gasteiger partial charge on any atom is 0.325 e. The molecule has 1 aliphatic rings. The van der Waals surface area contributed by atoms with Crippen molar-refractivity contribution in [1.29, 1.82) is 0 Å². The first kappa shape index (κ1) is 20.4. The molecule has 2 aromatic rings. The van der Waals surface area contributed by atoms with Crippen LogP contribution in [0.15, 0.2) is 42.6 Å². The number of aromatic nitrogens is 1. The number of hydrogen-bond donors (Lipinski definition) is 2. The number of rotatable bonds is 4. The number of carbonyl (C=O) groups is 3. The van der Waals surface area contributed by atoms with Gasteiger partial charge in [-0.1, -0.05) is 45.0 Å². The quantitative estimate of drug-likeness (QED) is 0.775. The summed E-state index contributed by atoms with van der Waals surface area (Å²) in [5, 5.41) is 5.11. The minimum atomic E-state index is -1.26. The van der Waals surface area contributed by atoms with Crippen LogP contribution in [0.5, 0.6) is 0 Å². The van der Waals surface area contributed by atoms with E-state index in [0.29, 0.717) is 5.56 Å². The van der Waals surface area contributed by atoms with Crippen LogP contribution >= 0.6 is 0 Å². The third-order valence-corrected chi connectivity index (χ3v) is 4.90. The van der Waals surface area contributed by atoms with Crippen LogP contribution < -0.4 is 10.6 Å². The van der Waals surface area contributed by atoms with Crippen LogP contribution in [-0.2, 0) is 20.5 Å². The smallest absolute Gasteiger partial charge is 0.319 e.